The average molecular weight is 438 g/mol. The Morgan fingerprint density at radius 1 is 0.750 bits per heavy atom. The number of guanidine groups is 1. The summed E-state index contributed by atoms with van der Waals surface area (Å²) in [5, 5.41) is 9.01. The quantitative estimate of drug-likeness (QED) is 0.387. The molecule has 0 unspecified atom stereocenters. The van der Waals surface area contributed by atoms with Crippen LogP contribution in [0.15, 0.2) is 53.5 Å². The monoisotopic (exact) mass is 437 g/mol. The second kappa shape index (κ2) is 11.1. The average Bonchev–Trinajstić information content (AvgIpc) is 2.84. The number of fused-ring (bicyclic) bond motifs is 1. The predicted molar refractivity (Wildman–Crippen MR) is 128 cm³/mol. The van der Waals surface area contributed by atoms with Crippen LogP contribution < -0.4 is 29.6 Å². The van der Waals surface area contributed by atoms with Crippen molar-refractivity contribution in [1.29, 1.82) is 0 Å². The van der Waals surface area contributed by atoms with Crippen LogP contribution in [0.25, 0.3) is 10.8 Å². The third-order valence-corrected chi connectivity index (χ3v) is 5.06. The van der Waals surface area contributed by atoms with E-state index in [-0.39, 0.29) is 0 Å². The molecule has 3 rings (SSSR count). The van der Waals surface area contributed by atoms with Gasteiger partial charge in [0.15, 0.2) is 17.5 Å². The van der Waals surface area contributed by atoms with E-state index in [2.05, 4.69) is 34.9 Å². The van der Waals surface area contributed by atoms with Crippen molar-refractivity contribution in [2.24, 2.45) is 4.99 Å². The van der Waals surface area contributed by atoms with E-state index in [1.165, 1.54) is 10.9 Å². The van der Waals surface area contributed by atoms with Gasteiger partial charge in [-0.15, -0.1) is 0 Å². The Morgan fingerprint density at radius 3 is 2.06 bits per heavy atom. The lowest BCUT2D eigenvalue weighted by atomic mass is 10.1. The summed E-state index contributed by atoms with van der Waals surface area (Å²) < 4.78 is 21.6. The first-order valence-electron chi connectivity index (χ1n) is 10.5. The van der Waals surface area contributed by atoms with E-state index in [9.17, 15) is 0 Å². The molecule has 3 aromatic carbocycles. The van der Waals surface area contributed by atoms with Crippen LogP contribution in [0.5, 0.6) is 23.0 Å². The molecular weight excluding hydrogens is 406 g/mol. The standard InChI is InChI=1S/C25H31N3O4/c1-6-26-25(28-16-18-12-22(30-3)24(32-5)23(13-18)31-4)27-15-17-7-8-20-14-21(29-2)10-9-19(20)11-17/h7-14H,6,15-16H2,1-5H3,(H2,26,27,28). The van der Waals surface area contributed by atoms with E-state index in [0.29, 0.717) is 30.3 Å². The molecule has 0 heterocycles. The fourth-order valence-electron chi connectivity index (χ4n) is 3.43. The van der Waals surface area contributed by atoms with Crippen molar-refractivity contribution in [2.75, 3.05) is 35.0 Å². The van der Waals surface area contributed by atoms with Crippen LogP contribution >= 0.6 is 0 Å². The minimum atomic E-state index is 0.462. The van der Waals surface area contributed by atoms with Gasteiger partial charge in [-0.3, -0.25) is 0 Å². The van der Waals surface area contributed by atoms with Crippen LogP contribution in [0.1, 0.15) is 18.1 Å². The lowest BCUT2D eigenvalue weighted by molar-refractivity contribution is 0.324. The zero-order valence-electron chi connectivity index (χ0n) is 19.3. The third kappa shape index (κ3) is 5.55. The van der Waals surface area contributed by atoms with Gasteiger partial charge in [-0.25, -0.2) is 4.99 Å². The first-order valence-corrected chi connectivity index (χ1v) is 10.5. The molecular formula is C25H31N3O4. The third-order valence-electron chi connectivity index (χ3n) is 5.06. The van der Waals surface area contributed by atoms with Crippen LogP contribution in [0.4, 0.5) is 0 Å². The number of aliphatic imine (C=N–C) groups is 1. The van der Waals surface area contributed by atoms with Crippen molar-refractivity contribution < 1.29 is 18.9 Å². The van der Waals surface area contributed by atoms with Gasteiger partial charge >= 0.3 is 0 Å². The number of ether oxygens (including phenoxy) is 4. The highest BCUT2D eigenvalue weighted by Crippen LogP contribution is 2.38. The summed E-state index contributed by atoms with van der Waals surface area (Å²) in [6.45, 7) is 3.92. The van der Waals surface area contributed by atoms with Gasteiger partial charge in [-0.1, -0.05) is 18.2 Å². The Balaban J connectivity index is 1.73. The van der Waals surface area contributed by atoms with Crippen LogP contribution in [0.2, 0.25) is 0 Å². The van der Waals surface area contributed by atoms with Crippen molar-refractivity contribution in [1.82, 2.24) is 10.6 Å². The van der Waals surface area contributed by atoms with Crippen LogP contribution in [0, 0.1) is 0 Å². The number of nitrogens with one attached hydrogen (secondary N) is 2. The zero-order valence-corrected chi connectivity index (χ0v) is 19.3. The summed E-state index contributed by atoms with van der Waals surface area (Å²) in [7, 11) is 6.49. The van der Waals surface area contributed by atoms with E-state index in [1.807, 2.05) is 31.2 Å². The molecule has 0 aliphatic heterocycles. The van der Waals surface area contributed by atoms with Crippen molar-refractivity contribution in [3.63, 3.8) is 0 Å². The molecule has 0 bridgehead atoms. The molecule has 0 aliphatic rings. The maximum Gasteiger partial charge on any atom is 0.203 e. The Morgan fingerprint density at radius 2 is 1.44 bits per heavy atom. The Labute approximate surface area is 189 Å². The lowest BCUT2D eigenvalue weighted by Crippen LogP contribution is -2.36. The molecule has 0 saturated carbocycles. The fourth-order valence-corrected chi connectivity index (χ4v) is 3.43. The van der Waals surface area contributed by atoms with Crippen LogP contribution in [-0.4, -0.2) is 40.9 Å². The van der Waals surface area contributed by atoms with Gasteiger partial charge in [-0.2, -0.15) is 0 Å². The van der Waals surface area contributed by atoms with Gasteiger partial charge in [0.2, 0.25) is 5.75 Å². The van der Waals surface area contributed by atoms with E-state index in [4.69, 9.17) is 23.9 Å². The number of nitrogens with zero attached hydrogens (tertiary/aromatic N) is 1. The maximum atomic E-state index is 5.44. The molecule has 2 N–H and O–H groups in total. The molecule has 0 amide bonds. The van der Waals surface area contributed by atoms with Crippen LogP contribution in [0.3, 0.4) is 0 Å². The number of hydrogen-bond acceptors (Lipinski definition) is 5. The number of benzene rings is 3. The summed E-state index contributed by atoms with van der Waals surface area (Å²) in [6.07, 6.45) is 0. The van der Waals surface area contributed by atoms with E-state index >= 15 is 0 Å². The second-order valence-corrected chi connectivity index (χ2v) is 7.13. The molecule has 170 valence electrons. The summed E-state index contributed by atoms with van der Waals surface area (Å²) in [6, 6.07) is 16.3. The van der Waals surface area contributed by atoms with E-state index in [0.717, 1.165) is 29.2 Å². The topological polar surface area (TPSA) is 73.3 Å². The molecule has 0 saturated heterocycles. The highest BCUT2D eigenvalue weighted by Gasteiger charge is 2.13. The summed E-state index contributed by atoms with van der Waals surface area (Å²) in [4.78, 5) is 4.72. The predicted octanol–water partition coefficient (Wildman–Crippen LogP) is 4.13. The number of methoxy groups -OCH3 is 4. The minimum Gasteiger partial charge on any atom is -0.497 e. The van der Waals surface area contributed by atoms with Crippen molar-refractivity contribution in [3.8, 4) is 23.0 Å². The van der Waals surface area contributed by atoms with E-state index in [1.54, 1.807) is 28.4 Å². The molecule has 7 nitrogen and oxygen atoms in total. The zero-order chi connectivity index (χ0) is 22.9. The fraction of sp³-hybridized carbons (Fsp3) is 0.320. The van der Waals surface area contributed by atoms with E-state index < -0.39 is 0 Å². The van der Waals surface area contributed by atoms with Gasteiger partial charge in [-0.05, 0) is 59.2 Å². The van der Waals surface area contributed by atoms with Gasteiger partial charge in [0.05, 0.1) is 35.0 Å². The summed E-state index contributed by atoms with van der Waals surface area (Å²) in [5.41, 5.74) is 2.12. The number of rotatable bonds is 9. The first-order chi connectivity index (χ1) is 15.6. The van der Waals surface area contributed by atoms with Gasteiger partial charge < -0.3 is 29.6 Å². The maximum absolute atomic E-state index is 5.44. The molecule has 0 aromatic heterocycles. The highest BCUT2D eigenvalue weighted by atomic mass is 16.5. The SMILES string of the molecule is CCNC(=NCc1cc(OC)c(OC)c(OC)c1)NCc1ccc2cc(OC)ccc2c1. The summed E-state index contributed by atoms with van der Waals surface area (Å²) in [5.74, 6) is 3.39. The molecule has 0 fully saturated rings. The van der Waals surface area contributed by atoms with Gasteiger partial charge in [0.1, 0.15) is 5.75 Å². The Kier molecular flexibility index (Phi) is 8.02. The van der Waals surface area contributed by atoms with Crippen LogP contribution in [-0.2, 0) is 13.1 Å². The molecule has 0 spiro atoms. The highest BCUT2D eigenvalue weighted by molar-refractivity contribution is 5.85. The smallest absolute Gasteiger partial charge is 0.203 e. The normalized spacial score (nSPS) is 11.2. The van der Waals surface area contributed by atoms with Crippen molar-refractivity contribution in [3.05, 3.63) is 59.7 Å². The molecule has 0 atom stereocenters. The largest absolute Gasteiger partial charge is 0.497 e. The molecule has 0 radical (unpaired) electrons. The number of hydrogen-bond donors (Lipinski definition) is 2. The Hall–Kier alpha value is -3.61. The molecule has 32 heavy (non-hydrogen) atoms. The van der Waals surface area contributed by atoms with Crippen molar-refractivity contribution >= 4 is 16.7 Å². The Bertz CT molecular complexity index is 1060. The second-order valence-electron chi connectivity index (χ2n) is 7.13. The van der Waals surface area contributed by atoms with Gasteiger partial charge in [0.25, 0.3) is 0 Å². The molecule has 7 heteroatoms. The van der Waals surface area contributed by atoms with Crippen molar-refractivity contribution in [2.45, 2.75) is 20.0 Å². The summed E-state index contributed by atoms with van der Waals surface area (Å²) >= 11 is 0. The first kappa shape index (κ1) is 23.1. The lowest BCUT2D eigenvalue weighted by Gasteiger charge is -2.14. The molecule has 3 aromatic rings. The van der Waals surface area contributed by atoms with Gasteiger partial charge in [0, 0.05) is 13.1 Å². The minimum absolute atomic E-state index is 0.462. The molecule has 0 aliphatic carbocycles.